The van der Waals surface area contributed by atoms with Gasteiger partial charge in [-0.25, -0.2) is 8.42 Å². The monoisotopic (exact) mass is 361 g/mol. The molecule has 1 aliphatic heterocycles. The number of morpholine rings is 1. The molecule has 25 heavy (non-hydrogen) atoms. The fourth-order valence-corrected chi connectivity index (χ4v) is 4.24. The zero-order valence-electron chi connectivity index (χ0n) is 13.6. The Morgan fingerprint density at radius 3 is 2.52 bits per heavy atom. The van der Waals surface area contributed by atoms with Gasteiger partial charge < -0.3 is 10.1 Å². The lowest BCUT2D eigenvalue weighted by Crippen LogP contribution is -2.41. The van der Waals surface area contributed by atoms with Crippen LogP contribution in [0.1, 0.15) is 15.9 Å². The van der Waals surface area contributed by atoms with Gasteiger partial charge in [0.05, 0.1) is 18.1 Å². The van der Waals surface area contributed by atoms with Gasteiger partial charge in [-0.3, -0.25) is 9.78 Å². The van der Waals surface area contributed by atoms with Gasteiger partial charge in [-0.2, -0.15) is 4.31 Å². The summed E-state index contributed by atoms with van der Waals surface area (Å²) in [6, 6.07) is 9.92. The van der Waals surface area contributed by atoms with Crippen molar-refractivity contribution in [2.45, 2.75) is 11.4 Å². The van der Waals surface area contributed by atoms with Crippen molar-refractivity contribution in [3.8, 4) is 0 Å². The van der Waals surface area contributed by atoms with Crippen LogP contribution in [0.25, 0.3) is 0 Å². The molecule has 2 heterocycles. The number of pyridine rings is 1. The van der Waals surface area contributed by atoms with E-state index < -0.39 is 10.0 Å². The van der Waals surface area contributed by atoms with Crippen LogP contribution >= 0.6 is 0 Å². The second kappa shape index (κ2) is 7.73. The molecule has 1 aromatic heterocycles. The van der Waals surface area contributed by atoms with Gasteiger partial charge in [0.25, 0.3) is 5.91 Å². The highest BCUT2D eigenvalue weighted by molar-refractivity contribution is 7.89. The first-order chi connectivity index (χ1) is 12.1. The minimum absolute atomic E-state index is 0.126. The van der Waals surface area contributed by atoms with Crippen LogP contribution in [0.3, 0.4) is 0 Å². The number of hydrogen-bond acceptors (Lipinski definition) is 5. The van der Waals surface area contributed by atoms with Crippen molar-refractivity contribution >= 4 is 15.9 Å². The zero-order valence-corrected chi connectivity index (χ0v) is 14.4. The first-order valence-corrected chi connectivity index (χ1v) is 9.37. The van der Waals surface area contributed by atoms with Gasteiger partial charge in [0, 0.05) is 37.6 Å². The molecule has 7 nitrogen and oxygen atoms in total. The van der Waals surface area contributed by atoms with Gasteiger partial charge in [-0.05, 0) is 23.8 Å². The first-order valence-electron chi connectivity index (χ1n) is 7.93. The molecule has 0 aliphatic carbocycles. The summed E-state index contributed by atoms with van der Waals surface area (Å²) in [7, 11) is -3.61. The third-order valence-electron chi connectivity index (χ3n) is 3.94. The molecule has 0 atom stereocenters. The molecule has 8 heteroatoms. The number of hydrogen-bond donors (Lipinski definition) is 1. The second-order valence-electron chi connectivity index (χ2n) is 5.54. The van der Waals surface area contributed by atoms with E-state index in [-0.39, 0.29) is 17.3 Å². The Labute approximate surface area is 146 Å². The van der Waals surface area contributed by atoms with Gasteiger partial charge in [-0.1, -0.05) is 18.2 Å². The van der Waals surface area contributed by atoms with Crippen LogP contribution in [-0.2, 0) is 21.3 Å². The summed E-state index contributed by atoms with van der Waals surface area (Å²) >= 11 is 0. The molecule has 1 aliphatic rings. The summed E-state index contributed by atoms with van der Waals surface area (Å²) in [5.41, 5.74) is 1.03. The Morgan fingerprint density at radius 2 is 1.80 bits per heavy atom. The van der Waals surface area contributed by atoms with Crippen LogP contribution in [0, 0.1) is 0 Å². The van der Waals surface area contributed by atoms with Gasteiger partial charge in [0.1, 0.15) is 0 Å². The first kappa shape index (κ1) is 17.5. The maximum Gasteiger partial charge on any atom is 0.251 e. The number of nitrogens with one attached hydrogen (secondary N) is 1. The van der Waals surface area contributed by atoms with E-state index >= 15 is 0 Å². The number of carbonyl (C=O) groups is 1. The number of sulfonamides is 1. The number of nitrogens with zero attached hydrogens (tertiary/aromatic N) is 2. The van der Waals surface area contributed by atoms with Crippen molar-refractivity contribution in [1.29, 1.82) is 0 Å². The highest BCUT2D eigenvalue weighted by Crippen LogP contribution is 2.21. The average Bonchev–Trinajstić information content (AvgIpc) is 2.67. The number of benzene rings is 1. The lowest BCUT2D eigenvalue weighted by molar-refractivity contribution is 0.0730. The molecular weight excluding hydrogens is 342 g/mol. The van der Waals surface area contributed by atoms with Crippen LogP contribution in [0.4, 0.5) is 0 Å². The summed E-state index contributed by atoms with van der Waals surface area (Å²) in [4.78, 5) is 16.2. The van der Waals surface area contributed by atoms with Crippen LogP contribution < -0.4 is 5.32 Å². The second-order valence-corrected chi connectivity index (χ2v) is 7.45. The molecule has 1 N–H and O–H groups in total. The quantitative estimate of drug-likeness (QED) is 0.859. The molecule has 0 spiro atoms. The van der Waals surface area contributed by atoms with Gasteiger partial charge in [0.2, 0.25) is 10.0 Å². The number of rotatable bonds is 5. The summed E-state index contributed by atoms with van der Waals surface area (Å²) < 4.78 is 32.4. The van der Waals surface area contributed by atoms with Crippen LogP contribution in [-0.4, -0.2) is 49.9 Å². The fourth-order valence-electron chi connectivity index (χ4n) is 2.61. The lowest BCUT2D eigenvalue weighted by Gasteiger charge is -2.27. The lowest BCUT2D eigenvalue weighted by atomic mass is 10.2. The third-order valence-corrected chi connectivity index (χ3v) is 5.94. The molecule has 2 aromatic rings. The minimum Gasteiger partial charge on any atom is -0.379 e. The van der Waals surface area contributed by atoms with E-state index in [4.69, 9.17) is 4.74 Å². The molecule has 132 valence electrons. The molecule has 1 amide bonds. The van der Waals surface area contributed by atoms with Crippen molar-refractivity contribution in [2.75, 3.05) is 26.3 Å². The average molecular weight is 361 g/mol. The van der Waals surface area contributed by atoms with Gasteiger partial charge in [-0.15, -0.1) is 0 Å². The Hall–Kier alpha value is -2.29. The summed E-state index contributed by atoms with van der Waals surface area (Å²) in [5.74, 6) is -0.277. The Kier molecular flexibility index (Phi) is 5.42. The maximum absolute atomic E-state index is 12.9. The Balaban J connectivity index is 1.78. The van der Waals surface area contributed by atoms with Crippen LogP contribution in [0.15, 0.2) is 53.7 Å². The molecule has 0 radical (unpaired) electrons. The van der Waals surface area contributed by atoms with E-state index in [0.717, 1.165) is 0 Å². The van der Waals surface area contributed by atoms with Crippen molar-refractivity contribution in [3.05, 3.63) is 59.9 Å². The molecule has 0 bridgehead atoms. The molecule has 1 saturated heterocycles. The zero-order chi connectivity index (χ0) is 17.7. The largest absolute Gasteiger partial charge is 0.379 e. The molecule has 3 rings (SSSR count). The van der Waals surface area contributed by atoms with E-state index in [9.17, 15) is 13.2 Å². The van der Waals surface area contributed by atoms with Crippen molar-refractivity contribution in [1.82, 2.24) is 14.6 Å². The SMILES string of the molecule is O=C(NCc1ccccc1S(=O)(=O)N1CCOCC1)c1ccncc1. The number of carbonyl (C=O) groups excluding carboxylic acids is 1. The summed E-state index contributed by atoms with van der Waals surface area (Å²) in [6.07, 6.45) is 3.07. The molecule has 1 aromatic carbocycles. The van der Waals surface area contributed by atoms with Crippen molar-refractivity contribution in [3.63, 3.8) is 0 Å². The molecule has 0 unspecified atom stereocenters. The number of aromatic nitrogens is 1. The fraction of sp³-hybridized carbons (Fsp3) is 0.294. The summed E-state index contributed by atoms with van der Waals surface area (Å²) in [5, 5.41) is 2.76. The normalized spacial score (nSPS) is 15.7. The van der Waals surface area contributed by atoms with E-state index in [1.54, 1.807) is 36.4 Å². The number of ether oxygens (including phenoxy) is 1. The highest BCUT2D eigenvalue weighted by atomic mass is 32.2. The van der Waals surface area contributed by atoms with E-state index in [0.29, 0.717) is 37.4 Å². The smallest absolute Gasteiger partial charge is 0.251 e. The van der Waals surface area contributed by atoms with Gasteiger partial charge in [0.15, 0.2) is 0 Å². The topological polar surface area (TPSA) is 88.6 Å². The van der Waals surface area contributed by atoms with Crippen molar-refractivity contribution in [2.24, 2.45) is 0 Å². The van der Waals surface area contributed by atoms with E-state index in [1.165, 1.54) is 16.7 Å². The molecule has 1 fully saturated rings. The van der Waals surface area contributed by atoms with E-state index in [1.807, 2.05) is 0 Å². The Bertz CT molecular complexity index is 834. The third kappa shape index (κ3) is 4.04. The van der Waals surface area contributed by atoms with Crippen LogP contribution in [0.2, 0.25) is 0 Å². The van der Waals surface area contributed by atoms with Crippen LogP contribution in [0.5, 0.6) is 0 Å². The molecule has 0 saturated carbocycles. The predicted octanol–water partition coefficient (Wildman–Crippen LogP) is 1.03. The molecular formula is C17H19N3O4S. The standard InChI is InChI=1S/C17H19N3O4S/c21-17(14-5-7-18-8-6-14)19-13-15-3-1-2-4-16(15)25(22,23)20-9-11-24-12-10-20/h1-8H,9-13H2,(H,19,21). The number of amides is 1. The predicted molar refractivity (Wildman–Crippen MR) is 91.4 cm³/mol. The summed E-state index contributed by atoms with van der Waals surface area (Å²) in [6.45, 7) is 1.57. The highest BCUT2D eigenvalue weighted by Gasteiger charge is 2.28. The van der Waals surface area contributed by atoms with Gasteiger partial charge >= 0.3 is 0 Å². The van der Waals surface area contributed by atoms with E-state index in [2.05, 4.69) is 10.3 Å². The maximum atomic E-state index is 12.9. The Morgan fingerprint density at radius 1 is 1.12 bits per heavy atom. The minimum atomic E-state index is -3.61. The van der Waals surface area contributed by atoms with Crippen molar-refractivity contribution < 1.29 is 17.9 Å².